The third-order valence-electron chi connectivity index (χ3n) is 4.00. The largest absolute Gasteiger partial charge is 0.497 e. The predicted molar refractivity (Wildman–Crippen MR) is 91.8 cm³/mol. The van der Waals surface area contributed by atoms with E-state index in [1.54, 1.807) is 23.9 Å². The summed E-state index contributed by atoms with van der Waals surface area (Å²) in [5.74, 6) is 0.269. The van der Waals surface area contributed by atoms with Crippen LogP contribution >= 0.6 is 0 Å². The fourth-order valence-corrected chi connectivity index (χ4v) is 2.78. The molecule has 1 aromatic carbocycles. The summed E-state index contributed by atoms with van der Waals surface area (Å²) in [6.07, 6.45) is 1.73. The molecule has 0 fully saturated rings. The van der Waals surface area contributed by atoms with Gasteiger partial charge in [-0.3, -0.25) is 0 Å². The van der Waals surface area contributed by atoms with Crippen molar-refractivity contribution in [2.75, 3.05) is 14.2 Å². The van der Waals surface area contributed by atoms with E-state index in [0.29, 0.717) is 17.4 Å². The summed E-state index contributed by atoms with van der Waals surface area (Å²) < 4.78 is 17.0. The molecular formula is C18H18N2O5. The number of carbonyl (C=O) groups excluding carboxylic acids is 1. The number of rotatable bonds is 5. The quantitative estimate of drug-likeness (QED) is 0.711. The summed E-state index contributed by atoms with van der Waals surface area (Å²) in [5.41, 5.74) is 6.73. The molecule has 3 rings (SSSR count). The topological polar surface area (TPSA) is 96.7 Å². The van der Waals surface area contributed by atoms with Crippen LogP contribution < -0.4 is 16.1 Å². The molecule has 0 aliphatic heterocycles. The van der Waals surface area contributed by atoms with Crippen molar-refractivity contribution in [3.05, 3.63) is 63.8 Å². The Labute approximate surface area is 143 Å². The van der Waals surface area contributed by atoms with Crippen LogP contribution in [0.25, 0.3) is 10.9 Å². The van der Waals surface area contributed by atoms with Crippen molar-refractivity contribution < 1.29 is 18.7 Å². The molecule has 0 atom stereocenters. The van der Waals surface area contributed by atoms with Crippen LogP contribution in [0, 0.1) is 0 Å². The second-order valence-electron chi connectivity index (χ2n) is 5.44. The normalized spacial score (nSPS) is 10.8. The minimum atomic E-state index is -0.594. The fraction of sp³-hybridized carbons (Fsp3) is 0.222. The molecule has 0 saturated heterocycles. The third kappa shape index (κ3) is 3.01. The first-order valence-corrected chi connectivity index (χ1v) is 7.65. The molecule has 0 saturated carbocycles. The minimum Gasteiger partial charge on any atom is -0.497 e. The Balaban J connectivity index is 2.16. The van der Waals surface area contributed by atoms with E-state index in [1.165, 1.54) is 7.11 Å². The van der Waals surface area contributed by atoms with E-state index in [4.69, 9.17) is 19.6 Å². The maximum absolute atomic E-state index is 12.2. The highest BCUT2D eigenvalue weighted by molar-refractivity contribution is 6.03. The number of ether oxygens (including phenoxy) is 2. The van der Waals surface area contributed by atoms with Gasteiger partial charge in [-0.1, -0.05) is 12.1 Å². The van der Waals surface area contributed by atoms with Crippen molar-refractivity contribution in [1.82, 2.24) is 4.57 Å². The molecule has 2 aromatic heterocycles. The highest BCUT2D eigenvalue weighted by Gasteiger charge is 2.23. The van der Waals surface area contributed by atoms with E-state index < -0.39 is 11.6 Å². The molecular weight excluding hydrogens is 324 g/mol. The van der Waals surface area contributed by atoms with Gasteiger partial charge in [-0.15, -0.1) is 0 Å². The zero-order valence-corrected chi connectivity index (χ0v) is 13.9. The molecule has 7 nitrogen and oxygen atoms in total. The van der Waals surface area contributed by atoms with Gasteiger partial charge in [0.1, 0.15) is 17.1 Å². The van der Waals surface area contributed by atoms with Crippen molar-refractivity contribution in [1.29, 1.82) is 0 Å². The second kappa shape index (κ2) is 6.82. The van der Waals surface area contributed by atoms with E-state index in [0.717, 1.165) is 11.3 Å². The Hall–Kier alpha value is -3.06. The average molecular weight is 342 g/mol. The van der Waals surface area contributed by atoms with E-state index in [-0.39, 0.29) is 17.9 Å². The van der Waals surface area contributed by atoms with Crippen molar-refractivity contribution in [2.45, 2.75) is 13.1 Å². The number of benzene rings is 1. The maximum atomic E-state index is 12.2. The van der Waals surface area contributed by atoms with Crippen molar-refractivity contribution in [3.8, 4) is 5.75 Å². The van der Waals surface area contributed by atoms with Crippen LogP contribution in [0.1, 0.15) is 21.7 Å². The Bertz CT molecular complexity index is 970. The van der Waals surface area contributed by atoms with Gasteiger partial charge in [0, 0.05) is 12.7 Å². The summed E-state index contributed by atoms with van der Waals surface area (Å²) in [4.78, 5) is 24.4. The van der Waals surface area contributed by atoms with Crippen LogP contribution in [0.3, 0.4) is 0 Å². The monoisotopic (exact) mass is 342 g/mol. The average Bonchev–Trinajstić information content (AvgIpc) is 3.05. The number of fused-ring (bicyclic) bond motifs is 1. The number of carbonyl (C=O) groups is 1. The van der Waals surface area contributed by atoms with Crippen LogP contribution in [0.4, 0.5) is 0 Å². The van der Waals surface area contributed by atoms with Gasteiger partial charge < -0.3 is 24.2 Å². The lowest BCUT2D eigenvalue weighted by molar-refractivity contribution is 0.0597. The molecule has 0 radical (unpaired) electrons. The lowest BCUT2D eigenvalue weighted by atomic mass is 10.1. The van der Waals surface area contributed by atoms with Crippen LogP contribution in [0.15, 0.2) is 45.7 Å². The predicted octanol–water partition coefficient (Wildman–Crippen LogP) is 1.90. The minimum absolute atomic E-state index is 0.0800. The lowest BCUT2D eigenvalue weighted by Gasteiger charge is -2.11. The summed E-state index contributed by atoms with van der Waals surface area (Å²) in [6, 6.07) is 9.15. The van der Waals surface area contributed by atoms with Gasteiger partial charge in [0.25, 0.3) is 0 Å². The zero-order valence-electron chi connectivity index (χ0n) is 13.9. The molecule has 130 valence electrons. The lowest BCUT2D eigenvalue weighted by Crippen LogP contribution is -2.16. The van der Waals surface area contributed by atoms with Gasteiger partial charge in [-0.05, 0) is 23.8 Å². The van der Waals surface area contributed by atoms with Crippen LogP contribution in [-0.2, 0) is 17.8 Å². The molecule has 2 heterocycles. The zero-order chi connectivity index (χ0) is 18.0. The highest BCUT2D eigenvalue weighted by atomic mass is 16.5. The first-order chi connectivity index (χ1) is 12.1. The van der Waals surface area contributed by atoms with Gasteiger partial charge in [0.2, 0.25) is 0 Å². The van der Waals surface area contributed by atoms with Gasteiger partial charge >= 0.3 is 11.6 Å². The number of hydrogen-bond donors (Lipinski definition) is 1. The second-order valence-corrected chi connectivity index (χ2v) is 5.44. The standard InChI is InChI=1S/C18H18N2O5/c1-23-12-5-3-11(4-6-12)10-20-8-7-13-16(20)15(18(22)24-2)14(9-19)25-17(13)21/h3-8H,9-10,19H2,1-2H3. The van der Waals surface area contributed by atoms with E-state index in [2.05, 4.69) is 0 Å². The first kappa shape index (κ1) is 16.8. The third-order valence-corrected chi connectivity index (χ3v) is 4.00. The van der Waals surface area contributed by atoms with Crippen molar-refractivity contribution >= 4 is 16.9 Å². The summed E-state index contributed by atoms with van der Waals surface area (Å²) in [5, 5.41) is 0.311. The van der Waals surface area contributed by atoms with Gasteiger partial charge in [0.15, 0.2) is 0 Å². The van der Waals surface area contributed by atoms with Crippen LogP contribution in [-0.4, -0.2) is 24.8 Å². The summed E-state index contributed by atoms with van der Waals surface area (Å²) >= 11 is 0. The molecule has 0 unspecified atom stereocenters. The van der Waals surface area contributed by atoms with Gasteiger partial charge in [0.05, 0.1) is 31.7 Å². The molecule has 2 N–H and O–H groups in total. The van der Waals surface area contributed by atoms with Crippen molar-refractivity contribution in [3.63, 3.8) is 0 Å². The fourth-order valence-electron chi connectivity index (χ4n) is 2.78. The Kier molecular flexibility index (Phi) is 4.58. The SMILES string of the molecule is COC(=O)c1c(CN)oc(=O)c2ccn(Cc3ccc(OC)cc3)c12. The number of methoxy groups -OCH3 is 2. The Morgan fingerprint density at radius 2 is 1.92 bits per heavy atom. The molecule has 3 aromatic rings. The molecule has 0 amide bonds. The number of esters is 1. The van der Waals surface area contributed by atoms with E-state index in [9.17, 15) is 9.59 Å². The highest BCUT2D eigenvalue weighted by Crippen LogP contribution is 2.23. The Morgan fingerprint density at radius 1 is 1.20 bits per heavy atom. The summed E-state index contributed by atoms with van der Waals surface area (Å²) in [6.45, 7) is 0.383. The molecule has 25 heavy (non-hydrogen) atoms. The molecule has 0 aliphatic rings. The van der Waals surface area contributed by atoms with Crippen LogP contribution in [0.2, 0.25) is 0 Å². The van der Waals surface area contributed by atoms with E-state index >= 15 is 0 Å². The van der Waals surface area contributed by atoms with Crippen molar-refractivity contribution in [2.24, 2.45) is 5.73 Å². The molecule has 0 spiro atoms. The van der Waals surface area contributed by atoms with Gasteiger partial charge in [-0.25, -0.2) is 9.59 Å². The first-order valence-electron chi connectivity index (χ1n) is 7.65. The summed E-state index contributed by atoms with van der Waals surface area (Å²) in [7, 11) is 2.88. The number of nitrogens with zero attached hydrogens (tertiary/aromatic N) is 1. The number of nitrogens with two attached hydrogens (primary N) is 1. The molecule has 0 aliphatic carbocycles. The Morgan fingerprint density at radius 3 is 2.52 bits per heavy atom. The smallest absolute Gasteiger partial charge is 0.345 e. The molecule has 0 bridgehead atoms. The number of hydrogen-bond acceptors (Lipinski definition) is 6. The van der Waals surface area contributed by atoms with Gasteiger partial charge in [-0.2, -0.15) is 0 Å². The maximum Gasteiger partial charge on any atom is 0.345 e. The molecule has 7 heteroatoms. The number of aromatic nitrogens is 1. The van der Waals surface area contributed by atoms with Crippen LogP contribution in [0.5, 0.6) is 5.75 Å². The van der Waals surface area contributed by atoms with E-state index in [1.807, 2.05) is 24.3 Å².